The van der Waals surface area contributed by atoms with Crippen LogP contribution in [0.2, 0.25) is 0 Å². The summed E-state index contributed by atoms with van der Waals surface area (Å²) in [5, 5.41) is 2.82. The van der Waals surface area contributed by atoms with Crippen LogP contribution in [0.5, 0.6) is 0 Å². The Morgan fingerprint density at radius 1 is 1.05 bits per heavy atom. The molecule has 0 saturated carbocycles. The van der Waals surface area contributed by atoms with E-state index in [0.29, 0.717) is 6.54 Å². The number of aromatic nitrogens is 2. The number of fused-ring (bicyclic) bond motifs is 2. The molecule has 7 nitrogen and oxygen atoms in total. The molecule has 1 saturated heterocycles. The van der Waals surface area contributed by atoms with Crippen LogP contribution in [0.15, 0.2) is 54.7 Å². The Hall–Kier alpha value is -3.16. The fraction of sp³-hybridized carbons (Fsp3) is 0.467. The van der Waals surface area contributed by atoms with Crippen molar-refractivity contribution >= 4 is 6.09 Å². The average Bonchev–Trinajstić information content (AvgIpc) is 3.23. The van der Waals surface area contributed by atoms with Crippen molar-refractivity contribution in [2.45, 2.75) is 70.9 Å². The first kappa shape index (κ1) is 25.5. The molecule has 0 aliphatic carbocycles. The van der Waals surface area contributed by atoms with Crippen LogP contribution in [-0.4, -0.2) is 52.4 Å². The van der Waals surface area contributed by atoms with Gasteiger partial charge in [-0.2, -0.15) is 0 Å². The van der Waals surface area contributed by atoms with Crippen LogP contribution >= 0.6 is 0 Å². The van der Waals surface area contributed by atoms with Gasteiger partial charge in [0.05, 0.1) is 11.8 Å². The van der Waals surface area contributed by atoms with Crippen molar-refractivity contribution in [2.75, 3.05) is 20.1 Å². The molecule has 1 N–H and O–H groups in total. The number of rotatable bonds is 5. The van der Waals surface area contributed by atoms with Crippen molar-refractivity contribution < 1.29 is 14.3 Å². The van der Waals surface area contributed by atoms with Gasteiger partial charge in [0.2, 0.25) is 0 Å². The normalized spacial score (nSPS) is 18.5. The van der Waals surface area contributed by atoms with E-state index in [4.69, 9.17) is 14.5 Å². The Bertz CT molecular complexity index is 1220. The summed E-state index contributed by atoms with van der Waals surface area (Å²) >= 11 is 0. The number of amides is 1. The third-order valence-electron chi connectivity index (χ3n) is 7.08. The lowest BCUT2D eigenvalue weighted by atomic mass is 10.00. The molecule has 3 aromatic rings. The Morgan fingerprint density at radius 3 is 2.51 bits per heavy atom. The van der Waals surface area contributed by atoms with Crippen molar-refractivity contribution in [1.82, 2.24) is 19.8 Å². The fourth-order valence-corrected chi connectivity index (χ4v) is 5.08. The number of carbonyl (C=O) groups is 1. The number of hydrogen-bond acceptors (Lipinski definition) is 5. The number of benzene rings is 2. The molecule has 0 bridgehead atoms. The summed E-state index contributed by atoms with van der Waals surface area (Å²) < 4.78 is 14.4. The standard InChI is InChI=1S/C30H38N4O3/c1-30(2,3)37-29(35)31-19-21-9-11-23(12-10-21)26-20-34-18-13-22-7-5-6-8-25(22)27(28(34)32-26)36-24-14-16-33(4)17-15-24/h5-12,20,24,27H,13-19H2,1-4H3,(H,31,35). The predicted octanol–water partition coefficient (Wildman–Crippen LogP) is 5.33. The van der Waals surface area contributed by atoms with Crippen molar-refractivity contribution in [2.24, 2.45) is 0 Å². The molecule has 2 aliphatic rings. The second-order valence-corrected chi connectivity index (χ2v) is 11.2. The van der Waals surface area contributed by atoms with Crippen molar-refractivity contribution in [3.63, 3.8) is 0 Å². The molecule has 1 atom stereocenters. The van der Waals surface area contributed by atoms with Gasteiger partial charge in [-0.1, -0.05) is 48.5 Å². The number of ether oxygens (including phenoxy) is 2. The number of imidazole rings is 1. The summed E-state index contributed by atoms with van der Waals surface area (Å²) in [7, 11) is 2.18. The van der Waals surface area contributed by atoms with E-state index in [2.05, 4.69) is 64.4 Å². The lowest BCUT2D eigenvalue weighted by molar-refractivity contribution is -0.0275. The molecule has 0 radical (unpaired) electrons. The average molecular weight is 503 g/mol. The first-order valence-electron chi connectivity index (χ1n) is 13.3. The summed E-state index contributed by atoms with van der Waals surface area (Å²) in [5.74, 6) is 0.981. The van der Waals surface area contributed by atoms with Crippen molar-refractivity contribution in [3.8, 4) is 11.3 Å². The maximum atomic E-state index is 12.0. The molecular formula is C30H38N4O3. The van der Waals surface area contributed by atoms with E-state index < -0.39 is 11.7 Å². The Kier molecular flexibility index (Phi) is 7.36. The minimum atomic E-state index is -0.511. The second kappa shape index (κ2) is 10.7. The molecule has 1 amide bonds. The number of carbonyl (C=O) groups excluding carboxylic acids is 1. The van der Waals surface area contributed by atoms with Crippen LogP contribution in [0.1, 0.15) is 62.2 Å². The number of alkyl carbamates (subject to hydrolysis) is 1. The highest BCUT2D eigenvalue weighted by Gasteiger charge is 2.30. The van der Waals surface area contributed by atoms with E-state index in [0.717, 1.165) is 61.5 Å². The van der Waals surface area contributed by atoms with Crippen LogP contribution in [0.3, 0.4) is 0 Å². The molecule has 1 aromatic heterocycles. The molecular weight excluding hydrogens is 464 g/mol. The van der Waals surface area contributed by atoms with Gasteiger partial charge in [0.15, 0.2) is 0 Å². The number of nitrogens with one attached hydrogen (secondary N) is 1. The zero-order valence-electron chi connectivity index (χ0n) is 22.4. The molecule has 3 heterocycles. The topological polar surface area (TPSA) is 68.6 Å². The first-order chi connectivity index (χ1) is 17.7. The van der Waals surface area contributed by atoms with Crippen LogP contribution in [-0.2, 0) is 29.0 Å². The van der Waals surface area contributed by atoms with Crippen LogP contribution in [0.25, 0.3) is 11.3 Å². The molecule has 2 aliphatic heterocycles. The van der Waals surface area contributed by atoms with Gasteiger partial charge in [0.1, 0.15) is 17.5 Å². The summed E-state index contributed by atoms with van der Waals surface area (Å²) in [5.41, 5.74) is 5.07. The van der Waals surface area contributed by atoms with E-state index in [-0.39, 0.29) is 12.2 Å². The third kappa shape index (κ3) is 6.22. The summed E-state index contributed by atoms with van der Waals surface area (Å²) in [6.07, 6.45) is 4.85. The van der Waals surface area contributed by atoms with E-state index in [1.54, 1.807) is 0 Å². The number of piperidine rings is 1. The second-order valence-electron chi connectivity index (χ2n) is 11.2. The highest BCUT2D eigenvalue weighted by Crippen LogP contribution is 2.35. The highest BCUT2D eigenvalue weighted by molar-refractivity contribution is 5.67. The van der Waals surface area contributed by atoms with Crippen LogP contribution < -0.4 is 5.32 Å². The number of likely N-dealkylation sites (tertiary alicyclic amines) is 1. The number of hydrogen-bond donors (Lipinski definition) is 1. The molecule has 196 valence electrons. The summed E-state index contributed by atoms with van der Waals surface area (Å²) in [6, 6.07) is 16.8. The largest absolute Gasteiger partial charge is 0.444 e. The minimum absolute atomic E-state index is 0.168. The van der Waals surface area contributed by atoms with E-state index in [1.807, 2.05) is 32.9 Å². The zero-order valence-corrected chi connectivity index (χ0v) is 22.4. The van der Waals surface area contributed by atoms with Gasteiger partial charge >= 0.3 is 6.09 Å². The quantitative estimate of drug-likeness (QED) is 0.511. The number of aryl methyl sites for hydroxylation is 2. The Labute approximate surface area is 219 Å². The van der Waals surface area contributed by atoms with Gasteiger partial charge in [0, 0.05) is 37.9 Å². The van der Waals surface area contributed by atoms with E-state index in [9.17, 15) is 4.79 Å². The lowest BCUT2D eigenvalue weighted by Gasteiger charge is -2.32. The van der Waals surface area contributed by atoms with E-state index in [1.165, 1.54) is 11.1 Å². The Balaban J connectivity index is 1.35. The molecule has 1 fully saturated rings. The van der Waals surface area contributed by atoms with Crippen LogP contribution in [0, 0.1) is 0 Å². The maximum absolute atomic E-state index is 12.0. The number of nitrogens with zero attached hydrogens (tertiary/aromatic N) is 3. The van der Waals surface area contributed by atoms with Gasteiger partial charge < -0.3 is 24.3 Å². The van der Waals surface area contributed by atoms with E-state index >= 15 is 0 Å². The minimum Gasteiger partial charge on any atom is -0.444 e. The highest BCUT2D eigenvalue weighted by atomic mass is 16.6. The molecule has 0 spiro atoms. The van der Waals surface area contributed by atoms with Gasteiger partial charge in [-0.25, -0.2) is 9.78 Å². The van der Waals surface area contributed by atoms with Crippen molar-refractivity contribution in [1.29, 1.82) is 0 Å². The predicted molar refractivity (Wildman–Crippen MR) is 144 cm³/mol. The zero-order chi connectivity index (χ0) is 26.0. The lowest BCUT2D eigenvalue weighted by Crippen LogP contribution is -2.35. The SMILES string of the molecule is CN1CCC(OC2c3ccccc3CCn3cc(-c4ccc(CNC(=O)OC(C)(C)C)cc4)nc32)CC1. The summed E-state index contributed by atoms with van der Waals surface area (Å²) in [6.45, 7) is 8.99. The molecule has 5 rings (SSSR count). The van der Waals surface area contributed by atoms with Gasteiger partial charge in [0.25, 0.3) is 0 Å². The molecule has 2 aromatic carbocycles. The maximum Gasteiger partial charge on any atom is 0.407 e. The monoisotopic (exact) mass is 502 g/mol. The van der Waals surface area contributed by atoms with Gasteiger partial charge in [-0.15, -0.1) is 0 Å². The first-order valence-corrected chi connectivity index (χ1v) is 13.3. The smallest absolute Gasteiger partial charge is 0.407 e. The molecule has 7 heteroatoms. The van der Waals surface area contributed by atoms with Crippen molar-refractivity contribution in [3.05, 3.63) is 77.2 Å². The molecule has 37 heavy (non-hydrogen) atoms. The van der Waals surface area contributed by atoms with Crippen LogP contribution in [0.4, 0.5) is 4.79 Å². The van der Waals surface area contributed by atoms with Gasteiger partial charge in [-0.05, 0) is 63.8 Å². The summed E-state index contributed by atoms with van der Waals surface area (Å²) in [4.78, 5) is 19.5. The fourth-order valence-electron chi connectivity index (χ4n) is 5.08. The van der Waals surface area contributed by atoms with Gasteiger partial charge in [-0.3, -0.25) is 0 Å². The Morgan fingerprint density at radius 2 is 1.78 bits per heavy atom. The third-order valence-corrected chi connectivity index (χ3v) is 7.08. The molecule has 1 unspecified atom stereocenters.